The predicted molar refractivity (Wildman–Crippen MR) is 137 cm³/mol. The lowest BCUT2D eigenvalue weighted by atomic mass is 9.87. The van der Waals surface area contributed by atoms with E-state index in [1.165, 1.54) is 44.5 Å². The number of rotatable bonds is 6. The second-order valence-corrected chi connectivity index (χ2v) is 8.09. The van der Waals surface area contributed by atoms with Crippen molar-refractivity contribution in [2.75, 3.05) is 0 Å². The minimum Gasteiger partial charge on any atom is -0.0622 e. The molecule has 0 radical (unpaired) electrons. The highest BCUT2D eigenvalue weighted by Gasteiger charge is 2.13. The zero-order chi connectivity index (χ0) is 21.6. The Morgan fingerprint density at radius 3 is 1.41 bits per heavy atom. The summed E-state index contributed by atoms with van der Waals surface area (Å²) in [5, 5.41) is 0. The minimum absolute atomic E-state index is 0.995. The van der Waals surface area contributed by atoms with Crippen molar-refractivity contribution in [2.45, 2.75) is 12.8 Å². The SMILES string of the molecule is c1ccc(-c2ccccc2CCc2cccc(-c3ccccc3)c2-c2ccccc2)cc1. The summed E-state index contributed by atoms with van der Waals surface area (Å²) in [7, 11) is 0. The lowest BCUT2D eigenvalue weighted by molar-refractivity contribution is 0.964. The van der Waals surface area contributed by atoms with E-state index < -0.39 is 0 Å². The molecule has 0 nitrogen and oxygen atoms in total. The van der Waals surface area contributed by atoms with Crippen molar-refractivity contribution < 1.29 is 0 Å². The van der Waals surface area contributed by atoms with Gasteiger partial charge in [0.2, 0.25) is 0 Å². The summed E-state index contributed by atoms with van der Waals surface area (Å²) in [5.41, 5.74) is 10.6. The van der Waals surface area contributed by atoms with E-state index in [1.807, 2.05) is 0 Å². The molecule has 0 amide bonds. The van der Waals surface area contributed by atoms with Gasteiger partial charge in [0.1, 0.15) is 0 Å². The monoisotopic (exact) mass is 410 g/mol. The van der Waals surface area contributed by atoms with Gasteiger partial charge in [-0.25, -0.2) is 0 Å². The normalized spacial score (nSPS) is 10.8. The average molecular weight is 411 g/mol. The molecule has 5 aromatic rings. The first-order chi connectivity index (χ1) is 15.9. The minimum atomic E-state index is 0.995. The molecule has 0 aliphatic rings. The summed E-state index contributed by atoms with van der Waals surface area (Å²) in [6.07, 6.45) is 2.00. The van der Waals surface area contributed by atoms with Crippen LogP contribution in [0.3, 0.4) is 0 Å². The van der Waals surface area contributed by atoms with E-state index in [2.05, 4.69) is 133 Å². The molecule has 0 unspecified atom stereocenters. The van der Waals surface area contributed by atoms with Crippen LogP contribution in [0.15, 0.2) is 133 Å². The molecule has 0 saturated heterocycles. The molecule has 0 N–H and O–H groups in total. The van der Waals surface area contributed by atoms with Crippen LogP contribution in [0.2, 0.25) is 0 Å². The number of hydrogen-bond acceptors (Lipinski definition) is 0. The van der Waals surface area contributed by atoms with Crippen molar-refractivity contribution in [1.29, 1.82) is 0 Å². The summed E-state index contributed by atoms with van der Waals surface area (Å²) >= 11 is 0. The molecule has 0 aliphatic carbocycles. The van der Waals surface area contributed by atoms with Crippen molar-refractivity contribution in [3.63, 3.8) is 0 Å². The van der Waals surface area contributed by atoms with Crippen LogP contribution in [-0.2, 0) is 12.8 Å². The summed E-state index contributed by atoms with van der Waals surface area (Å²) < 4.78 is 0. The molecular formula is C32H26. The Balaban J connectivity index is 1.55. The average Bonchev–Trinajstić information content (AvgIpc) is 2.89. The van der Waals surface area contributed by atoms with Gasteiger partial charge in [0.25, 0.3) is 0 Å². The second-order valence-electron chi connectivity index (χ2n) is 8.09. The van der Waals surface area contributed by atoms with Crippen LogP contribution >= 0.6 is 0 Å². The molecule has 0 aromatic heterocycles. The molecule has 0 spiro atoms. The Morgan fingerprint density at radius 2 is 0.750 bits per heavy atom. The topological polar surface area (TPSA) is 0 Å². The third-order valence-corrected chi connectivity index (χ3v) is 6.06. The van der Waals surface area contributed by atoms with Crippen LogP contribution in [0.25, 0.3) is 33.4 Å². The largest absolute Gasteiger partial charge is 0.0622 e. The van der Waals surface area contributed by atoms with Crippen molar-refractivity contribution >= 4 is 0 Å². The third-order valence-electron chi connectivity index (χ3n) is 6.06. The molecule has 32 heavy (non-hydrogen) atoms. The molecule has 0 saturated carbocycles. The van der Waals surface area contributed by atoms with Gasteiger partial charge in [-0.2, -0.15) is 0 Å². The van der Waals surface area contributed by atoms with Crippen LogP contribution in [-0.4, -0.2) is 0 Å². The summed E-state index contributed by atoms with van der Waals surface area (Å²) in [6, 6.07) is 47.8. The molecule has 0 fully saturated rings. The van der Waals surface area contributed by atoms with E-state index in [4.69, 9.17) is 0 Å². The maximum atomic E-state index is 2.29. The second kappa shape index (κ2) is 9.49. The zero-order valence-corrected chi connectivity index (χ0v) is 18.1. The summed E-state index contributed by atoms with van der Waals surface area (Å²) in [5.74, 6) is 0. The standard InChI is InChI=1S/C32H26/c1-4-13-25(14-5-1)30-21-11-10-17-27(30)23-24-29-20-12-22-31(26-15-6-2-7-16-26)32(29)28-18-8-3-9-19-28/h1-22H,23-24H2. The van der Waals surface area contributed by atoms with Gasteiger partial charge in [-0.05, 0) is 57.3 Å². The van der Waals surface area contributed by atoms with Crippen molar-refractivity contribution in [3.8, 4) is 33.4 Å². The number of aryl methyl sites for hydroxylation is 2. The Hall–Kier alpha value is -3.90. The number of hydrogen-bond donors (Lipinski definition) is 0. The Morgan fingerprint density at radius 1 is 0.312 bits per heavy atom. The smallest absolute Gasteiger partial charge is 0.00732 e. The maximum absolute atomic E-state index is 2.29. The van der Waals surface area contributed by atoms with E-state index in [0.29, 0.717) is 0 Å². The zero-order valence-electron chi connectivity index (χ0n) is 18.1. The maximum Gasteiger partial charge on any atom is -0.00732 e. The van der Waals surface area contributed by atoms with E-state index in [-0.39, 0.29) is 0 Å². The van der Waals surface area contributed by atoms with Gasteiger partial charge in [0.15, 0.2) is 0 Å². The quantitative estimate of drug-likeness (QED) is 0.263. The molecule has 154 valence electrons. The Bertz CT molecular complexity index is 1290. The lowest BCUT2D eigenvalue weighted by Gasteiger charge is -2.17. The van der Waals surface area contributed by atoms with Gasteiger partial charge in [0, 0.05) is 0 Å². The van der Waals surface area contributed by atoms with Crippen LogP contribution in [0.4, 0.5) is 0 Å². The van der Waals surface area contributed by atoms with Gasteiger partial charge >= 0.3 is 0 Å². The first kappa shape index (κ1) is 20.0. The molecular weight excluding hydrogens is 384 g/mol. The molecule has 0 bridgehead atoms. The third kappa shape index (κ3) is 4.26. The van der Waals surface area contributed by atoms with Crippen LogP contribution in [0.5, 0.6) is 0 Å². The van der Waals surface area contributed by atoms with Gasteiger partial charge in [-0.3, -0.25) is 0 Å². The van der Waals surface area contributed by atoms with Crippen LogP contribution in [0.1, 0.15) is 11.1 Å². The Kier molecular flexibility index (Phi) is 5.94. The fourth-order valence-corrected chi connectivity index (χ4v) is 4.52. The van der Waals surface area contributed by atoms with E-state index in [0.717, 1.165) is 12.8 Å². The van der Waals surface area contributed by atoms with Crippen molar-refractivity contribution in [2.24, 2.45) is 0 Å². The van der Waals surface area contributed by atoms with E-state index in [9.17, 15) is 0 Å². The first-order valence-corrected chi connectivity index (χ1v) is 11.3. The van der Waals surface area contributed by atoms with Gasteiger partial charge in [-0.15, -0.1) is 0 Å². The lowest BCUT2D eigenvalue weighted by Crippen LogP contribution is -1.98. The molecule has 0 atom stereocenters. The van der Waals surface area contributed by atoms with Crippen molar-refractivity contribution in [1.82, 2.24) is 0 Å². The van der Waals surface area contributed by atoms with Gasteiger partial charge in [-0.1, -0.05) is 133 Å². The fourth-order valence-electron chi connectivity index (χ4n) is 4.52. The first-order valence-electron chi connectivity index (χ1n) is 11.3. The van der Waals surface area contributed by atoms with Crippen LogP contribution < -0.4 is 0 Å². The molecule has 5 rings (SSSR count). The van der Waals surface area contributed by atoms with Crippen LogP contribution in [0, 0.1) is 0 Å². The molecule has 5 aromatic carbocycles. The highest BCUT2D eigenvalue weighted by Crippen LogP contribution is 2.36. The highest BCUT2D eigenvalue weighted by molar-refractivity contribution is 5.85. The molecule has 0 aliphatic heterocycles. The molecule has 0 heterocycles. The highest BCUT2D eigenvalue weighted by atomic mass is 14.2. The summed E-state index contributed by atoms with van der Waals surface area (Å²) in [6.45, 7) is 0. The fraction of sp³-hybridized carbons (Fsp3) is 0.0625. The van der Waals surface area contributed by atoms with Crippen molar-refractivity contribution in [3.05, 3.63) is 145 Å². The Labute approximate surface area is 190 Å². The van der Waals surface area contributed by atoms with Gasteiger partial charge < -0.3 is 0 Å². The van der Waals surface area contributed by atoms with Gasteiger partial charge in [0.05, 0.1) is 0 Å². The summed E-state index contributed by atoms with van der Waals surface area (Å²) in [4.78, 5) is 0. The molecule has 0 heteroatoms. The number of benzene rings is 5. The van der Waals surface area contributed by atoms with E-state index >= 15 is 0 Å². The van der Waals surface area contributed by atoms with E-state index in [1.54, 1.807) is 0 Å². The predicted octanol–water partition coefficient (Wildman–Crippen LogP) is 8.47.